The fourth-order valence-corrected chi connectivity index (χ4v) is 3.32. The van der Waals surface area contributed by atoms with Crippen molar-refractivity contribution in [1.82, 2.24) is 4.40 Å². The fraction of sp³-hybridized carbons (Fsp3) is 0.0833. The lowest BCUT2D eigenvalue weighted by molar-refractivity contribution is -0.708. The highest BCUT2D eigenvalue weighted by molar-refractivity contribution is 5.48. The Morgan fingerprint density at radius 1 is 0.893 bits per heavy atom. The number of hydrogen-bond donors (Lipinski definition) is 0. The number of hydrogen-bond acceptors (Lipinski definition) is 2. The standard InChI is InChI=1S/C24H20N2O2/c27-23-21(18-20-12-5-2-6-13-20)24(28)26(22-15-7-8-16-25(22)23)17-9-14-19-10-3-1-4-11-19/h1-16H,17-18H2/b14-9+. The first-order valence-electron chi connectivity index (χ1n) is 9.22. The zero-order chi connectivity index (χ0) is 19.3. The number of aromatic nitrogens is 2. The van der Waals surface area contributed by atoms with E-state index in [-0.39, 0.29) is 17.0 Å². The van der Waals surface area contributed by atoms with Gasteiger partial charge in [0.25, 0.3) is 5.65 Å². The Morgan fingerprint density at radius 2 is 1.57 bits per heavy atom. The van der Waals surface area contributed by atoms with Crippen LogP contribution in [0.3, 0.4) is 0 Å². The van der Waals surface area contributed by atoms with E-state index in [0.717, 1.165) is 11.1 Å². The first-order valence-corrected chi connectivity index (χ1v) is 9.22. The molecule has 0 saturated heterocycles. The van der Waals surface area contributed by atoms with Crippen LogP contribution in [0.5, 0.6) is 5.88 Å². The molecule has 0 N–H and O–H groups in total. The molecule has 4 heteroatoms. The SMILES string of the molecule is O=c1c(Cc2ccccc2)c([O-])[n+](C/C=C/c2ccccc2)c2ccccn12. The molecule has 0 aliphatic carbocycles. The summed E-state index contributed by atoms with van der Waals surface area (Å²) in [5.74, 6) is -0.238. The largest absolute Gasteiger partial charge is 0.842 e. The zero-order valence-electron chi connectivity index (χ0n) is 15.4. The van der Waals surface area contributed by atoms with Gasteiger partial charge < -0.3 is 5.11 Å². The number of benzene rings is 2. The monoisotopic (exact) mass is 368 g/mol. The smallest absolute Gasteiger partial charge is 0.345 e. The van der Waals surface area contributed by atoms with Gasteiger partial charge in [-0.25, -0.2) is 9.36 Å². The Labute approximate surface area is 163 Å². The predicted molar refractivity (Wildman–Crippen MR) is 108 cm³/mol. The first kappa shape index (κ1) is 17.7. The van der Waals surface area contributed by atoms with E-state index in [4.69, 9.17) is 0 Å². The molecule has 0 bridgehead atoms. The molecule has 2 aromatic carbocycles. The average molecular weight is 368 g/mol. The maximum atomic E-state index is 13.2. The van der Waals surface area contributed by atoms with Crippen LogP contribution in [0, 0.1) is 0 Å². The van der Waals surface area contributed by atoms with Crippen LogP contribution in [-0.4, -0.2) is 4.40 Å². The lowest BCUT2D eigenvalue weighted by Crippen LogP contribution is -2.44. The summed E-state index contributed by atoms with van der Waals surface area (Å²) in [6, 6.07) is 25.0. The van der Waals surface area contributed by atoms with E-state index >= 15 is 0 Å². The number of nitrogens with zero attached hydrogens (tertiary/aromatic N) is 2. The molecule has 28 heavy (non-hydrogen) atoms. The normalized spacial score (nSPS) is 11.3. The van der Waals surface area contributed by atoms with Crippen molar-refractivity contribution in [3.05, 3.63) is 118 Å². The highest BCUT2D eigenvalue weighted by Crippen LogP contribution is 2.13. The molecular weight excluding hydrogens is 348 g/mol. The Balaban J connectivity index is 1.78. The summed E-state index contributed by atoms with van der Waals surface area (Å²) in [5.41, 5.74) is 2.62. The third-order valence-electron chi connectivity index (χ3n) is 4.72. The van der Waals surface area contributed by atoms with Crippen molar-refractivity contribution in [3.8, 4) is 5.88 Å². The molecule has 0 radical (unpaired) electrons. The summed E-state index contributed by atoms with van der Waals surface area (Å²) >= 11 is 0. The van der Waals surface area contributed by atoms with Gasteiger partial charge in [0.05, 0.1) is 17.6 Å². The molecule has 0 unspecified atom stereocenters. The second kappa shape index (κ2) is 7.92. The third-order valence-corrected chi connectivity index (χ3v) is 4.72. The van der Waals surface area contributed by atoms with E-state index in [0.29, 0.717) is 18.6 Å². The Kier molecular flexibility index (Phi) is 5.02. The van der Waals surface area contributed by atoms with Gasteiger partial charge in [-0.2, -0.15) is 4.40 Å². The molecule has 4 rings (SSSR count). The molecule has 0 amide bonds. The van der Waals surface area contributed by atoms with Crippen LogP contribution in [0.15, 0.2) is 95.9 Å². The predicted octanol–water partition coefficient (Wildman–Crippen LogP) is 2.96. The van der Waals surface area contributed by atoms with Crippen molar-refractivity contribution in [1.29, 1.82) is 0 Å². The summed E-state index contributed by atoms with van der Waals surface area (Å²) in [6.45, 7) is 0.392. The molecular formula is C24H20N2O2. The molecule has 0 aliphatic heterocycles. The highest BCUT2D eigenvalue weighted by atomic mass is 16.3. The van der Waals surface area contributed by atoms with Crippen molar-refractivity contribution < 1.29 is 9.67 Å². The van der Waals surface area contributed by atoms with Crippen molar-refractivity contribution >= 4 is 11.7 Å². The topological polar surface area (TPSA) is 48.4 Å². The van der Waals surface area contributed by atoms with Gasteiger partial charge in [0.2, 0.25) is 0 Å². The minimum atomic E-state index is -0.257. The van der Waals surface area contributed by atoms with Crippen molar-refractivity contribution in [2.24, 2.45) is 0 Å². The number of allylic oxidation sites excluding steroid dienone is 1. The van der Waals surface area contributed by atoms with Gasteiger partial charge in [-0.3, -0.25) is 0 Å². The Bertz CT molecular complexity index is 1180. The van der Waals surface area contributed by atoms with Crippen LogP contribution in [0.4, 0.5) is 0 Å². The lowest BCUT2D eigenvalue weighted by atomic mass is 10.1. The van der Waals surface area contributed by atoms with Gasteiger partial charge >= 0.3 is 5.56 Å². The molecule has 0 aliphatic rings. The Hall–Kier alpha value is -3.66. The summed E-state index contributed by atoms with van der Waals surface area (Å²) < 4.78 is 3.20. The molecule has 0 atom stereocenters. The van der Waals surface area contributed by atoms with Gasteiger partial charge in [-0.05, 0) is 23.3 Å². The molecule has 0 fully saturated rings. The molecule has 138 valence electrons. The minimum Gasteiger partial charge on any atom is -0.842 e. The van der Waals surface area contributed by atoms with Crippen LogP contribution >= 0.6 is 0 Å². The molecule has 2 heterocycles. The summed E-state index contributed by atoms with van der Waals surface area (Å²) in [7, 11) is 0. The van der Waals surface area contributed by atoms with Gasteiger partial charge in [-0.15, -0.1) is 0 Å². The summed E-state index contributed by atoms with van der Waals surface area (Å²) in [5, 5.41) is 13.2. The van der Waals surface area contributed by atoms with Gasteiger partial charge in [-0.1, -0.05) is 72.8 Å². The number of rotatable bonds is 5. The lowest BCUT2D eigenvalue weighted by Gasteiger charge is -2.16. The first-order chi connectivity index (χ1) is 13.7. The van der Waals surface area contributed by atoms with E-state index in [2.05, 4.69) is 0 Å². The molecule has 0 spiro atoms. The Morgan fingerprint density at radius 3 is 2.32 bits per heavy atom. The minimum absolute atomic E-state index is 0.238. The maximum absolute atomic E-state index is 13.2. The van der Waals surface area contributed by atoms with Crippen LogP contribution in [0.1, 0.15) is 16.7 Å². The van der Waals surface area contributed by atoms with Crippen LogP contribution in [0.25, 0.3) is 11.7 Å². The van der Waals surface area contributed by atoms with Crippen molar-refractivity contribution in [2.75, 3.05) is 0 Å². The second-order valence-electron chi connectivity index (χ2n) is 6.60. The van der Waals surface area contributed by atoms with E-state index in [1.807, 2.05) is 78.9 Å². The van der Waals surface area contributed by atoms with E-state index < -0.39 is 0 Å². The van der Waals surface area contributed by atoms with Gasteiger partial charge in [0, 0.05) is 12.5 Å². The average Bonchev–Trinajstić information content (AvgIpc) is 2.75. The van der Waals surface area contributed by atoms with Gasteiger partial charge in [0.15, 0.2) is 0 Å². The number of pyridine rings is 1. The maximum Gasteiger partial charge on any atom is 0.345 e. The number of fused-ring (bicyclic) bond motifs is 1. The van der Waals surface area contributed by atoms with Gasteiger partial charge in [0.1, 0.15) is 6.54 Å². The molecule has 4 aromatic rings. The quantitative estimate of drug-likeness (QED) is 0.509. The third kappa shape index (κ3) is 3.58. The van der Waals surface area contributed by atoms with E-state index in [1.54, 1.807) is 27.3 Å². The van der Waals surface area contributed by atoms with Crippen molar-refractivity contribution in [3.63, 3.8) is 0 Å². The van der Waals surface area contributed by atoms with E-state index in [9.17, 15) is 9.90 Å². The molecule has 2 aromatic heterocycles. The summed E-state index contributed by atoms with van der Waals surface area (Å²) in [6.07, 6.45) is 5.95. The van der Waals surface area contributed by atoms with Crippen LogP contribution < -0.4 is 15.2 Å². The molecule has 0 saturated carbocycles. The summed E-state index contributed by atoms with van der Waals surface area (Å²) in [4.78, 5) is 12.9. The fourth-order valence-electron chi connectivity index (χ4n) is 3.32. The highest BCUT2D eigenvalue weighted by Gasteiger charge is 2.17. The van der Waals surface area contributed by atoms with Crippen LogP contribution in [-0.2, 0) is 13.0 Å². The van der Waals surface area contributed by atoms with E-state index in [1.165, 1.54) is 0 Å². The zero-order valence-corrected chi connectivity index (χ0v) is 15.4. The second-order valence-corrected chi connectivity index (χ2v) is 6.60. The van der Waals surface area contributed by atoms with Crippen LogP contribution in [0.2, 0.25) is 0 Å². The van der Waals surface area contributed by atoms with Crippen molar-refractivity contribution in [2.45, 2.75) is 13.0 Å². The molecule has 4 nitrogen and oxygen atoms in total.